The average Bonchev–Trinajstić information content (AvgIpc) is 3.21. The molecule has 2 aromatic carbocycles. The molecule has 0 aromatic heterocycles. The van der Waals surface area contributed by atoms with Crippen LogP contribution >= 0.6 is 24.0 Å². The first-order valence-electron chi connectivity index (χ1n) is 10.5. The van der Waals surface area contributed by atoms with Crippen LogP contribution in [0.15, 0.2) is 65.7 Å². The molecule has 0 spiro atoms. The van der Waals surface area contributed by atoms with Gasteiger partial charge in [-0.05, 0) is 31.6 Å². The zero-order valence-electron chi connectivity index (χ0n) is 18.3. The highest BCUT2D eigenvalue weighted by Gasteiger charge is 2.25. The maximum absolute atomic E-state index is 5.96. The molecule has 5 nitrogen and oxygen atoms in total. The lowest BCUT2D eigenvalue weighted by atomic mass is 10.1. The van der Waals surface area contributed by atoms with Crippen LogP contribution in [0.25, 0.3) is 0 Å². The number of aliphatic imine (C=N–C) groups is 1. The molecule has 2 aromatic rings. The average molecular weight is 522 g/mol. The highest BCUT2D eigenvalue weighted by Crippen LogP contribution is 2.19. The molecule has 1 aliphatic heterocycles. The van der Waals surface area contributed by atoms with Gasteiger partial charge in [-0.1, -0.05) is 60.7 Å². The van der Waals surface area contributed by atoms with Crippen molar-refractivity contribution in [3.63, 3.8) is 0 Å². The molecule has 1 aliphatic rings. The summed E-state index contributed by atoms with van der Waals surface area (Å²) in [4.78, 5) is 9.13. The number of nitrogens with one attached hydrogen (secondary N) is 1. The Bertz CT molecular complexity index is 754. The van der Waals surface area contributed by atoms with Crippen molar-refractivity contribution in [2.24, 2.45) is 10.9 Å². The van der Waals surface area contributed by atoms with Crippen LogP contribution in [0.5, 0.6) is 0 Å². The molecule has 2 atom stereocenters. The molecule has 0 saturated carbocycles. The summed E-state index contributed by atoms with van der Waals surface area (Å²) < 4.78 is 5.96. The second-order valence-electron chi connectivity index (χ2n) is 7.92. The van der Waals surface area contributed by atoms with E-state index in [1.165, 1.54) is 11.1 Å². The Morgan fingerprint density at radius 3 is 2.43 bits per heavy atom. The summed E-state index contributed by atoms with van der Waals surface area (Å²) in [6.07, 6.45) is 1.14. The van der Waals surface area contributed by atoms with Gasteiger partial charge >= 0.3 is 0 Å². The predicted octanol–water partition coefficient (Wildman–Crippen LogP) is 4.02. The molecule has 0 amide bonds. The van der Waals surface area contributed by atoms with Crippen molar-refractivity contribution in [1.29, 1.82) is 0 Å². The lowest BCUT2D eigenvalue weighted by Gasteiger charge is -2.28. The van der Waals surface area contributed by atoms with E-state index in [9.17, 15) is 0 Å². The first-order chi connectivity index (χ1) is 14.2. The van der Waals surface area contributed by atoms with Crippen LogP contribution in [-0.4, -0.2) is 63.1 Å². The molecule has 0 bridgehead atoms. The Morgan fingerprint density at radius 2 is 1.80 bits per heavy atom. The molecule has 30 heavy (non-hydrogen) atoms. The van der Waals surface area contributed by atoms with E-state index in [1.54, 1.807) is 0 Å². The van der Waals surface area contributed by atoms with E-state index < -0.39 is 0 Å². The van der Waals surface area contributed by atoms with Crippen LogP contribution in [0.4, 0.5) is 0 Å². The first-order valence-corrected chi connectivity index (χ1v) is 10.5. The highest BCUT2D eigenvalue weighted by atomic mass is 127. The van der Waals surface area contributed by atoms with Gasteiger partial charge in [-0.25, -0.2) is 0 Å². The minimum Gasteiger partial charge on any atom is -0.376 e. The fourth-order valence-electron chi connectivity index (χ4n) is 3.87. The fraction of sp³-hybridized carbons (Fsp3) is 0.458. The van der Waals surface area contributed by atoms with Crippen molar-refractivity contribution < 1.29 is 4.74 Å². The number of nitrogens with zero attached hydrogens (tertiary/aromatic N) is 3. The van der Waals surface area contributed by atoms with Crippen molar-refractivity contribution in [3.8, 4) is 0 Å². The van der Waals surface area contributed by atoms with Gasteiger partial charge in [0.15, 0.2) is 5.96 Å². The quantitative estimate of drug-likeness (QED) is 0.323. The Kier molecular flexibility index (Phi) is 10.6. The Labute approximate surface area is 198 Å². The minimum atomic E-state index is 0. The lowest BCUT2D eigenvalue weighted by molar-refractivity contribution is 0.0906. The predicted molar refractivity (Wildman–Crippen MR) is 135 cm³/mol. The molecule has 1 N–H and O–H groups in total. The number of halogens is 1. The number of likely N-dealkylation sites (tertiary alicyclic amines) is 1. The van der Waals surface area contributed by atoms with Gasteiger partial charge in [0.2, 0.25) is 0 Å². The van der Waals surface area contributed by atoms with E-state index in [0.717, 1.165) is 38.6 Å². The lowest BCUT2D eigenvalue weighted by Crippen LogP contribution is -2.43. The number of guanidine groups is 1. The number of hydrogen-bond acceptors (Lipinski definition) is 3. The maximum atomic E-state index is 5.96. The molecule has 1 saturated heterocycles. The van der Waals surface area contributed by atoms with Gasteiger partial charge < -0.3 is 19.9 Å². The van der Waals surface area contributed by atoms with Crippen molar-refractivity contribution >= 4 is 29.9 Å². The van der Waals surface area contributed by atoms with E-state index in [-0.39, 0.29) is 24.0 Å². The van der Waals surface area contributed by atoms with E-state index in [4.69, 9.17) is 4.74 Å². The summed E-state index contributed by atoms with van der Waals surface area (Å²) >= 11 is 0. The SMILES string of the molecule is CN=C(NCC(c1ccccc1)N(C)C)N1CCC(COCc2ccccc2)C1.I. The molecule has 6 heteroatoms. The van der Waals surface area contributed by atoms with E-state index in [2.05, 4.69) is 88.8 Å². The fourth-order valence-corrected chi connectivity index (χ4v) is 3.87. The highest BCUT2D eigenvalue weighted by molar-refractivity contribution is 14.0. The van der Waals surface area contributed by atoms with Crippen LogP contribution in [0.1, 0.15) is 23.6 Å². The van der Waals surface area contributed by atoms with Gasteiger partial charge in [-0.3, -0.25) is 4.99 Å². The molecule has 1 fully saturated rings. The third-order valence-corrected chi connectivity index (χ3v) is 5.52. The Morgan fingerprint density at radius 1 is 1.13 bits per heavy atom. The topological polar surface area (TPSA) is 40.1 Å². The summed E-state index contributed by atoms with van der Waals surface area (Å²) in [7, 11) is 6.12. The van der Waals surface area contributed by atoms with Gasteiger partial charge in [0.25, 0.3) is 0 Å². The zero-order valence-corrected chi connectivity index (χ0v) is 20.7. The number of hydrogen-bond donors (Lipinski definition) is 1. The summed E-state index contributed by atoms with van der Waals surface area (Å²) in [5.74, 6) is 1.54. The van der Waals surface area contributed by atoms with E-state index >= 15 is 0 Å². The van der Waals surface area contributed by atoms with Crippen LogP contribution in [0.2, 0.25) is 0 Å². The third-order valence-electron chi connectivity index (χ3n) is 5.52. The van der Waals surface area contributed by atoms with Crippen LogP contribution in [-0.2, 0) is 11.3 Å². The molecule has 164 valence electrons. The second kappa shape index (κ2) is 12.9. The van der Waals surface area contributed by atoms with Crippen LogP contribution in [0, 0.1) is 5.92 Å². The van der Waals surface area contributed by atoms with Crippen LogP contribution in [0.3, 0.4) is 0 Å². The van der Waals surface area contributed by atoms with Crippen LogP contribution < -0.4 is 5.32 Å². The summed E-state index contributed by atoms with van der Waals surface area (Å²) in [5.41, 5.74) is 2.55. The van der Waals surface area contributed by atoms with Gasteiger partial charge in [-0.2, -0.15) is 0 Å². The molecular weight excluding hydrogens is 487 g/mol. The normalized spacial score (nSPS) is 17.7. The van der Waals surface area contributed by atoms with Gasteiger partial charge in [0.1, 0.15) is 0 Å². The number of ether oxygens (including phenoxy) is 1. The van der Waals surface area contributed by atoms with Crippen molar-refractivity contribution in [3.05, 3.63) is 71.8 Å². The largest absolute Gasteiger partial charge is 0.376 e. The standard InChI is InChI=1S/C24H34N4O.HI/c1-25-24(26-16-23(27(2)3)22-12-8-5-9-13-22)28-15-14-21(17-28)19-29-18-20-10-6-4-7-11-20;/h4-13,21,23H,14-19H2,1-3H3,(H,25,26);1H. The molecular formula is C24H35IN4O. The van der Waals surface area contributed by atoms with E-state index in [1.807, 2.05) is 13.1 Å². The number of rotatable bonds is 8. The number of benzene rings is 2. The summed E-state index contributed by atoms with van der Waals surface area (Å²) in [5, 5.41) is 3.59. The van der Waals surface area contributed by atoms with Crippen molar-refractivity contribution in [1.82, 2.24) is 15.1 Å². The van der Waals surface area contributed by atoms with E-state index in [0.29, 0.717) is 18.6 Å². The van der Waals surface area contributed by atoms with Gasteiger partial charge in [0.05, 0.1) is 19.3 Å². The Hall–Kier alpha value is -1.64. The summed E-state index contributed by atoms with van der Waals surface area (Å²) in [6, 6.07) is 21.3. The van der Waals surface area contributed by atoms with Gasteiger partial charge in [-0.15, -0.1) is 24.0 Å². The minimum absolute atomic E-state index is 0. The summed E-state index contributed by atoms with van der Waals surface area (Å²) in [6.45, 7) is 4.33. The molecule has 1 heterocycles. The first kappa shape index (κ1) is 24.6. The zero-order chi connectivity index (χ0) is 20.5. The Balaban J connectivity index is 0.00000320. The molecule has 2 unspecified atom stereocenters. The maximum Gasteiger partial charge on any atom is 0.193 e. The molecule has 3 rings (SSSR count). The molecule has 0 aliphatic carbocycles. The monoisotopic (exact) mass is 522 g/mol. The third kappa shape index (κ3) is 7.25. The number of likely N-dealkylation sites (N-methyl/N-ethyl adjacent to an activating group) is 1. The van der Waals surface area contributed by atoms with Gasteiger partial charge in [0, 0.05) is 32.6 Å². The molecule has 0 radical (unpaired) electrons. The second-order valence-corrected chi connectivity index (χ2v) is 7.92. The van der Waals surface area contributed by atoms with Crippen molar-refractivity contribution in [2.75, 3.05) is 47.4 Å². The van der Waals surface area contributed by atoms with Crippen molar-refractivity contribution in [2.45, 2.75) is 19.1 Å². The smallest absolute Gasteiger partial charge is 0.193 e.